The van der Waals surface area contributed by atoms with Crippen molar-refractivity contribution in [1.82, 2.24) is 9.88 Å². The zero-order valence-electron chi connectivity index (χ0n) is 14.5. The molecule has 2 bridgehead atoms. The molecule has 132 valence electrons. The van der Waals surface area contributed by atoms with Gasteiger partial charge >= 0.3 is 0 Å². The van der Waals surface area contributed by atoms with Gasteiger partial charge in [-0.1, -0.05) is 24.3 Å². The molecule has 0 saturated carbocycles. The van der Waals surface area contributed by atoms with E-state index in [0.29, 0.717) is 12.0 Å². The third kappa shape index (κ3) is 2.87. The lowest BCUT2D eigenvalue weighted by Gasteiger charge is -2.27. The molecule has 1 aromatic heterocycles. The number of hydrogen-bond acceptors (Lipinski definition) is 6. The quantitative estimate of drug-likeness (QED) is 0.790. The first-order valence-corrected chi connectivity index (χ1v) is 9.03. The van der Waals surface area contributed by atoms with Crippen molar-refractivity contribution >= 4 is 23.1 Å². The second kappa shape index (κ2) is 6.37. The lowest BCUT2D eigenvalue weighted by Crippen LogP contribution is -2.37. The summed E-state index contributed by atoms with van der Waals surface area (Å²) >= 11 is 0. The van der Waals surface area contributed by atoms with Crippen molar-refractivity contribution in [2.75, 3.05) is 31.1 Å². The van der Waals surface area contributed by atoms with E-state index in [-0.39, 0.29) is 0 Å². The van der Waals surface area contributed by atoms with E-state index in [0.717, 1.165) is 61.6 Å². The average molecular weight is 348 g/mol. The molecular formula is C20H20N4O2. The van der Waals surface area contributed by atoms with Crippen LogP contribution in [0.25, 0.3) is 11.1 Å². The summed E-state index contributed by atoms with van der Waals surface area (Å²) in [5.74, 6) is 0.954. The Morgan fingerprint density at radius 3 is 2.73 bits per heavy atom. The first kappa shape index (κ1) is 15.3. The number of allylic oxidation sites excluding steroid dienone is 4. The van der Waals surface area contributed by atoms with Gasteiger partial charge in [-0.25, -0.2) is 4.99 Å². The standard InChI is InChI=1S/C20H20N4O2/c1-2-7-16-14-15(6-1)21-19(25-16)23-10-5-11-24(13-12-23)20-22-17-8-3-4-9-18(17)26-20/h1-4,6-9H,5,10-14H2. The van der Waals surface area contributed by atoms with Crippen molar-refractivity contribution in [2.24, 2.45) is 4.99 Å². The van der Waals surface area contributed by atoms with Gasteiger partial charge in [0, 0.05) is 32.6 Å². The van der Waals surface area contributed by atoms with Crippen LogP contribution in [0, 0.1) is 0 Å². The average Bonchev–Trinajstić information content (AvgIpc) is 2.82. The van der Waals surface area contributed by atoms with Gasteiger partial charge in [-0.15, -0.1) is 0 Å². The number of ether oxygens (including phenoxy) is 1. The number of aliphatic imine (C=N–C) groups is 1. The Morgan fingerprint density at radius 2 is 1.77 bits per heavy atom. The summed E-state index contributed by atoms with van der Waals surface area (Å²) in [7, 11) is 0. The molecule has 0 spiro atoms. The molecule has 1 aromatic carbocycles. The predicted octanol–water partition coefficient (Wildman–Crippen LogP) is 3.45. The maximum absolute atomic E-state index is 6.01. The highest BCUT2D eigenvalue weighted by Crippen LogP contribution is 2.26. The van der Waals surface area contributed by atoms with Crippen LogP contribution in [0.5, 0.6) is 0 Å². The van der Waals surface area contributed by atoms with E-state index in [4.69, 9.17) is 14.1 Å². The van der Waals surface area contributed by atoms with E-state index in [1.54, 1.807) is 0 Å². The smallest absolute Gasteiger partial charge is 0.298 e. The molecule has 1 aliphatic carbocycles. The number of oxazole rings is 1. The van der Waals surface area contributed by atoms with Crippen LogP contribution in [0.15, 0.2) is 69.4 Å². The molecule has 0 radical (unpaired) electrons. The van der Waals surface area contributed by atoms with Gasteiger partial charge in [0.25, 0.3) is 12.0 Å². The molecule has 1 saturated heterocycles. The summed E-state index contributed by atoms with van der Waals surface area (Å²) in [6, 6.07) is 9.29. The number of rotatable bonds is 1. The van der Waals surface area contributed by atoms with Crippen LogP contribution in [0.3, 0.4) is 0 Å². The molecule has 5 rings (SSSR count). The van der Waals surface area contributed by atoms with Crippen LogP contribution >= 0.6 is 0 Å². The van der Waals surface area contributed by atoms with Crippen molar-refractivity contribution in [3.05, 3.63) is 60.0 Å². The SMILES string of the molecule is C1=CC=C2CC(=C1)N=C(N1CCCN(c3nc4ccccc4o3)CC1)O2. The second-order valence-electron chi connectivity index (χ2n) is 6.64. The number of hydrogen-bond donors (Lipinski definition) is 0. The van der Waals surface area contributed by atoms with E-state index in [9.17, 15) is 0 Å². The van der Waals surface area contributed by atoms with Crippen molar-refractivity contribution in [3.8, 4) is 0 Å². The minimum absolute atomic E-state index is 0.697. The molecule has 0 amide bonds. The van der Waals surface area contributed by atoms with Gasteiger partial charge in [0.15, 0.2) is 5.58 Å². The van der Waals surface area contributed by atoms with Gasteiger partial charge in [-0.2, -0.15) is 4.98 Å². The van der Waals surface area contributed by atoms with E-state index < -0.39 is 0 Å². The number of fused-ring (bicyclic) bond motifs is 3. The van der Waals surface area contributed by atoms with E-state index in [1.165, 1.54) is 0 Å². The number of amidine groups is 1. The molecule has 0 atom stereocenters. The highest BCUT2D eigenvalue weighted by Gasteiger charge is 2.25. The fraction of sp³-hybridized carbons (Fsp3) is 0.300. The molecule has 2 aromatic rings. The highest BCUT2D eigenvalue weighted by atomic mass is 16.5. The summed E-state index contributed by atoms with van der Waals surface area (Å²) in [6.45, 7) is 3.46. The monoisotopic (exact) mass is 348 g/mol. The van der Waals surface area contributed by atoms with Gasteiger partial charge in [0.1, 0.15) is 11.3 Å². The fourth-order valence-electron chi connectivity index (χ4n) is 3.47. The predicted molar refractivity (Wildman–Crippen MR) is 101 cm³/mol. The molecular weight excluding hydrogens is 328 g/mol. The van der Waals surface area contributed by atoms with Crippen LogP contribution in [0.1, 0.15) is 12.8 Å². The largest absolute Gasteiger partial charge is 0.430 e. The lowest BCUT2D eigenvalue weighted by atomic mass is 10.2. The maximum Gasteiger partial charge on any atom is 0.298 e. The number of benzene rings is 1. The van der Waals surface area contributed by atoms with E-state index in [1.807, 2.05) is 42.5 Å². The Labute approximate surface area is 151 Å². The Kier molecular flexibility index (Phi) is 3.74. The minimum atomic E-state index is 0.697. The summed E-state index contributed by atoms with van der Waals surface area (Å²) in [5, 5.41) is 0. The summed E-state index contributed by atoms with van der Waals surface area (Å²) in [4.78, 5) is 13.7. The molecule has 3 aliphatic rings. The zero-order chi connectivity index (χ0) is 17.3. The minimum Gasteiger partial charge on any atom is -0.430 e. The Morgan fingerprint density at radius 1 is 0.923 bits per heavy atom. The first-order valence-electron chi connectivity index (χ1n) is 9.03. The van der Waals surface area contributed by atoms with Gasteiger partial charge in [-0.3, -0.25) is 0 Å². The summed E-state index contributed by atoms with van der Waals surface area (Å²) in [5.41, 5.74) is 2.78. The van der Waals surface area contributed by atoms with Crippen LogP contribution < -0.4 is 4.90 Å². The molecule has 6 nitrogen and oxygen atoms in total. The Balaban J connectivity index is 1.33. The Bertz CT molecular complexity index is 921. The van der Waals surface area contributed by atoms with Crippen LogP contribution in [0.2, 0.25) is 0 Å². The van der Waals surface area contributed by atoms with Crippen LogP contribution in [-0.4, -0.2) is 42.1 Å². The molecule has 3 heterocycles. The topological polar surface area (TPSA) is 54.1 Å². The molecule has 0 N–H and O–H groups in total. The van der Waals surface area contributed by atoms with Crippen LogP contribution in [-0.2, 0) is 4.74 Å². The fourth-order valence-corrected chi connectivity index (χ4v) is 3.47. The lowest BCUT2D eigenvalue weighted by molar-refractivity contribution is 0.284. The van der Waals surface area contributed by atoms with Gasteiger partial charge in [-0.05, 0) is 30.7 Å². The van der Waals surface area contributed by atoms with Crippen molar-refractivity contribution in [3.63, 3.8) is 0 Å². The van der Waals surface area contributed by atoms with Gasteiger partial charge in [0.05, 0.1) is 5.70 Å². The van der Waals surface area contributed by atoms with Gasteiger partial charge < -0.3 is 19.0 Å². The van der Waals surface area contributed by atoms with Crippen molar-refractivity contribution in [2.45, 2.75) is 12.8 Å². The van der Waals surface area contributed by atoms with Crippen LogP contribution in [0.4, 0.5) is 6.01 Å². The maximum atomic E-state index is 6.01. The molecule has 26 heavy (non-hydrogen) atoms. The number of nitrogens with zero attached hydrogens (tertiary/aromatic N) is 4. The van der Waals surface area contributed by atoms with Crippen molar-refractivity contribution in [1.29, 1.82) is 0 Å². The van der Waals surface area contributed by atoms with Gasteiger partial charge in [0.2, 0.25) is 0 Å². The third-order valence-electron chi connectivity index (χ3n) is 4.82. The van der Waals surface area contributed by atoms with E-state index >= 15 is 0 Å². The van der Waals surface area contributed by atoms with Crippen molar-refractivity contribution < 1.29 is 9.15 Å². The number of para-hydroxylation sites is 2. The van der Waals surface area contributed by atoms with E-state index in [2.05, 4.69) is 20.9 Å². The molecule has 6 heteroatoms. The normalized spacial score (nSPS) is 20.1. The summed E-state index contributed by atoms with van der Waals surface area (Å²) < 4.78 is 11.9. The number of anilines is 1. The zero-order valence-corrected chi connectivity index (χ0v) is 14.5. The molecule has 1 fully saturated rings. The molecule has 0 unspecified atom stereocenters. The Hall–Kier alpha value is -3.02. The number of aromatic nitrogens is 1. The first-order chi connectivity index (χ1) is 12.8. The highest BCUT2D eigenvalue weighted by molar-refractivity contribution is 5.78. The third-order valence-corrected chi connectivity index (χ3v) is 4.82. The molecule has 2 aliphatic heterocycles. The summed E-state index contributed by atoms with van der Waals surface area (Å²) in [6.07, 6.45) is 9.83. The second-order valence-corrected chi connectivity index (χ2v) is 6.64.